The molecule has 21 heavy (non-hydrogen) atoms. The standard InChI is InChI=1S/C20H25N/c1-12-18(17-4-2-3-5-20(17)21-12)11-19-15-7-13-6-14(9-15)10-16(19)8-13/h2-5,13-16,19,21H,6-11H2,1H3. The fourth-order valence-electron chi connectivity index (χ4n) is 6.20. The molecule has 4 fully saturated rings. The molecule has 0 amide bonds. The van der Waals surface area contributed by atoms with Crippen LogP contribution in [0, 0.1) is 36.5 Å². The van der Waals surface area contributed by atoms with Gasteiger partial charge in [0.25, 0.3) is 0 Å². The van der Waals surface area contributed by atoms with Crippen molar-refractivity contribution in [3.05, 3.63) is 35.5 Å². The Labute approximate surface area is 127 Å². The Balaban J connectivity index is 1.50. The summed E-state index contributed by atoms with van der Waals surface area (Å²) in [6.07, 6.45) is 9.05. The maximum absolute atomic E-state index is 3.60. The summed E-state index contributed by atoms with van der Waals surface area (Å²) in [5.74, 6) is 5.22. The van der Waals surface area contributed by atoms with Crippen LogP contribution in [-0.2, 0) is 6.42 Å². The number of aryl methyl sites for hydroxylation is 1. The van der Waals surface area contributed by atoms with Crippen LogP contribution in [0.4, 0.5) is 0 Å². The Morgan fingerprint density at radius 3 is 2.33 bits per heavy atom. The first-order valence-electron chi connectivity index (χ1n) is 8.84. The highest BCUT2D eigenvalue weighted by Crippen LogP contribution is 2.57. The second-order valence-electron chi connectivity index (χ2n) is 8.07. The number of hydrogen-bond donors (Lipinski definition) is 1. The molecule has 0 saturated heterocycles. The van der Waals surface area contributed by atoms with Gasteiger partial charge in [0, 0.05) is 16.6 Å². The van der Waals surface area contributed by atoms with Gasteiger partial charge in [-0.3, -0.25) is 0 Å². The van der Waals surface area contributed by atoms with Gasteiger partial charge in [-0.25, -0.2) is 0 Å². The molecule has 6 rings (SSSR count). The van der Waals surface area contributed by atoms with Crippen molar-refractivity contribution in [3.63, 3.8) is 0 Å². The molecule has 2 aromatic rings. The Hall–Kier alpha value is -1.24. The van der Waals surface area contributed by atoms with Crippen LogP contribution in [0.15, 0.2) is 24.3 Å². The summed E-state index contributed by atoms with van der Waals surface area (Å²) >= 11 is 0. The van der Waals surface area contributed by atoms with Gasteiger partial charge in [-0.1, -0.05) is 18.2 Å². The van der Waals surface area contributed by atoms with Crippen LogP contribution in [0.5, 0.6) is 0 Å². The van der Waals surface area contributed by atoms with Gasteiger partial charge >= 0.3 is 0 Å². The fourth-order valence-corrected chi connectivity index (χ4v) is 6.20. The Morgan fingerprint density at radius 2 is 1.62 bits per heavy atom. The van der Waals surface area contributed by atoms with E-state index >= 15 is 0 Å². The molecule has 0 spiro atoms. The molecule has 0 aliphatic heterocycles. The van der Waals surface area contributed by atoms with Crippen LogP contribution in [-0.4, -0.2) is 4.98 Å². The largest absolute Gasteiger partial charge is 0.358 e. The molecular formula is C20H25N. The molecule has 0 unspecified atom stereocenters. The molecule has 0 atom stereocenters. The first kappa shape index (κ1) is 12.3. The molecule has 110 valence electrons. The molecule has 4 bridgehead atoms. The minimum Gasteiger partial charge on any atom is -0.358 e. The van der Waals surface area contributed by atoms with E-state index in [0.29, 0.717) is 0 Å². The van der Waals surface area contributed by atoms with Gasteiger partial charge in [-0.05, 0) is 86.7 Å². The van der Waals surface area contributed by atoms with Crippen LogP contribution in [0.3, 0.4) is 0 Å². The minimum absolute atomic E-state index is 0.968. The summed E-state index contributed by atoms with van der Waals surface area (Å²) < 4.78 is 0. The molecule has 4 saturated carbocycles. The van der Waals surface area contributed by atoms with Crippen molar-refractivity contribution in [1.82, 2.24) is 4.98 Å². The number of benzene rings is 1. The van der Waals surface area contributed by atoms with Crippen LogP contribution in [0.2, 0.25) is 0 Å². The number of hydrogen-bond acceptors (Lipinski definition) is 0. The van der Waals surface area contributed by atoms with Gasteiger partial charge in [0.15, 0.2) is 0 Å². The molecule has 4 aliphatic rings. The van der Waals surface area contributed by atoms with E-state index in [4.69, 9.17) is 0 Å². The van der Waals surface area contributed by atoms with Gasteiger partial charge in [-0.2, -0.15) is 0 Å². The second-order valence-corrected chi connectivity index (χ2v) is 8.07. The Morgan fingerprint density at radius 1 is 0.952 bits per heavy atom. The summed E-state index contributed by atoms with van der Waals surface area (Å²) in [6.45, 7) is 2.27. The van der Waals surface area contributed by atoms with Gasteiger partial charge < -0.3 is 4.98 Å². The number of aromatic amines is 1. The van der Waals surface area contributed by atoms with Crippen molar-refractivity contribution in [1.29, 1.82) is 0 Å². The van der Waals surface area contributed by atoms with E-state index in [9.17, 15) is 0 Å². The van der Waals surface area contributed by atoms with E-state index in [1.807, 2.05) is 0 Å². The molecule has 1 aromatic heterocycles. The van der Waals surface area contributed by atoms with Crippen molar-refractivity contribution in [2.75, 3.05) is 0 Å². The second kappa shape index (κ2) is 4.38. The fraction of sp³-hybridized carbons (Fsp3) is 0.600. The van der Waals surface area contributed by atoms with E-state index in [1.54, 1.807) is 37.7 Å². The van der Waals surface area contributed by atoms with E-state index in [-0.39, 0.29) is 0 Å². The van der Waals surface area contributed by atoms with E-state index in [2.05, 4.69) is 36.2 Å². The van der Waals surface area contributed by atoms with Crippen molar-refractivity contribution in [3.8, 4) is 0 Å². The average Bonchev–Trinajstić information content (AvgIpc) is 2.78. The van der Waals surface area contributed by atoms with Crippen molar-refractivity contribution < 1.29 is 0 Å². The number of fused-ring (bicyclic) bond motifs is 1. The van der Waals surface area contributed by atoms with Gasteiger partial charge in [-0.15, -0.1) is 0 Å². The molecular weight excluding hydrogens is 254 g/mol. The average molecular weight is 279 g/mol. The Kier molecular flexibility index (Phi) is 2.57. The van der Waals surface area contributed by atoms with E-state index in [0.717, 1.165) is 29.6 Å². The normalized spacial score (nSPS) is 37.5. The van der Waals surface area contributed by atoms with E-state index < -0.39 is 0 Å². The maximum atomic E-state index is 3.60. The van der Waals surface area contributed by atoms with Crippen LogP contribution in [0.1, 0.15) is 43.4 Å². The third kappa shape index (κ3) is 1.82. The molecule has 1 heteroatoms. The topological polar surface area (TPSA) is 15.8 Å². The highest BCUT2D eigenvalue weighted by Gasteiger charge is 2.48. The lowest BCUT2D eigenvalue weighted by molar-refractivity contribution is -0.0359. The zero-order valence-corrected chi connectivity index (χ0v) is 12.9. The highest BCUT2D eigenvalue weighted by atomic mass is 14.7. The monoisotopic (exact) mass is 279 g/mol. The number of rotatable bonds is 2. The quantitative estimate of drug-likeness (QED) is 0.788. The van der Waals surface area contributed by atoms with Gasteiger partial charge in [0.1, 0.15) is 0 Å². The summed E-state index contributed by atoms with van der Waals surface area (Å²) in [7, 11) is 0. The lowest BCUT2D eigenvalue weighted by atomic mass is 9.51. The predicted octanol–water partition coefficient (Wildman–Crippen LogP) is 5.09. The zero-order valence-electron chi connectivity index (χ0n) is 12.9. The number of para-hydroxylation sites is 1. The molecule has 1 aromatic carbocycles. The molecule has 4 aliphatic carbocycles. The van der Waals surface area contributed by atoms with Gasteiger partial charge in [0.05, 0.1) is 0 Å². The van der Waals surface area contributed by atoms with Crippen LogP contribution < -0.4 is 0 Å². The van der Waals surface area contributed by atoms with Crippen molar-refractivity contribution in [2.24, 2.45) is 29.6 Å². The first-order valence-corrected chi connectivity index (χ1v) is 8.84. The number of aromatic nitrogens is 1. The third-order valence-corrected chi connectivity index (χ3v) is 6.89. The molecule has 1 N–H and O–H groups in total. The lowest BCUT2D eigenvalue weighted by Crippen LogP contribution is -2.45. The van der Waals surface area contributed by atoms with Gasteiger partial charge in [0.2, 0.25) is 0 Å². The zero-order chi connectivity index (χ0) is 14.0. The minimum atomic E-state index is 0.968. The SMILES string of the molecule is Cc1[nH]c2ccccc2c1CC1C2CC3CC(C2)CC1C3. The summed E-state index contributed by atoms with van der Waals surface area (Å²) in [4.78, 5) is 3.60. The Bertz CT molecular complexity index is 652. The van der Waals surface area contributed by atoms with Crippen molar-refractivity contribution in [2.45, 2.75) is 45.4 Å². The molecule has 1 nitrogen and oxygen atoms in total. The lowest BCUT2D eigenvalue weighted by Gasteiger charge is -2.54. The first-order chi connectivity index (χ1) is 10.3. The van der Waals surface area contributed by atoms with Crippen molar-refractivity contribution >= 4 is 10.9 Å². The summed E-state index contributed by atoms with van der Waals surface area (Å²) in [5, 5.41) is 1.48. The summed E-state index contributed by atoms with van der Waals surface area (Å²) in [6, 6.07) is 8.87. The molecule has 0 radical (unpaired) electrons. The van der Waals surface area contributed by atoms with E-state index in [1.165, 1.54) is 23.0 Å². The summed E-state index contributed by atoms with van der Waals surface area (Å²) in [5.41, 5.74) is 4.35. The van der Waals surface area contributed by atoms with Crippen LogP contribution >= 0.6 is 0 Å². The predicted molar refractivity (Wildman–Crippen MR) is 87.3 cm³/mol. The highest BCUT2D eigenvalue weighted by molar-refractivity contribution is 5.84. The molecule has 1 heterocycles. The van der Waals surface area contributed by atoms with Crippen LogP contribution in [0.25, 0.3) is 10.9 Å². The number of H-pyrrole nitrogens is 1. The smallest absolute Gasteiger partial charge is 0.0458 e. The number of nitrogens with one attached hydrogen (secondary N) is 1. The third-order valence-electron chi connectivity index (χ3n) is 6.89. The maximum Gasteiger partial charge on any atom is 0.0458 e.